The van der Waals surface area contributed by atoms with E-state index in [-0.39, 0.29) is 11.6 Å². The Kier molecular flexibility index (Phi) is 1.51. The van der Waals surface area contributed by atoms with Gasteiger partial charge in [0.15, 0.2) is 0 Å². The maximum absolute atomic E-state index is 11.0. The predicted molar refractivity (Wildman–Crippen MR) is 49.6 cm³/mol. The molecule has 1 aliphatic heterocycles. The van der Waals surface area contributed by atoms with Gasteiger partial charge < -0.3 is 5.32 Å². The quantitative estimate of drug-likeness (QED) is 0.694. The first-order chi connectivity index (χ1) is 5.68. The molecule has 0 radical (unpaired) electrons. The highest BCUT2D eigenvalue weighted by Crippen LogP contribution is 2.25. The highest BCUT2D eigenvalue weighted by Gasteiger charge is 2.23. The molecule has 0 fully saturated rings. The summed E-state index contributed by atoms with van der Waals surface area (Å²) in [5.41, 5.74) is 1.41. The van der Waals surface area contributed by atoms with Gasteiger partial charge in [0, 0.05) is 10.0 Å². The van der Waals surface area contributed by atoms with Crippen molar-refractivity contribution in [1.29, 1.82) is 5.41 Å². The molecule has 1 heterocycles. The van der Waals surface area contributed by atoms with Crippen molar-refractivity contribution in [2.45, 2.75) is 0 Å². The Morgan fingerprint density at radius 1 is 1.42 bits per heavy atom. The van der Waals surface area contributed by atoms with E-state index in [1.165, 1.54) is 0 Å². The van der Waals surface area contributed by atoms with E-state index in [1.807, 2.05) is 6.07 Å². The highest BCUT2D eigenvalue weighted by molar-refractivity contribution is 9.10. The Morgan fingerprint density at radius 3 is 2.92 bits per heavy atom. The molecular weight excluding hydrogens is 220 g/mol. The van der Waals surface area contributed by atoms with Crippen LogP contribution in [-0.4, -0.2) is 11.6 Å². The Hall–Kier alpha value is -1.16. The van der Waals surface area contributed by atoms with Crippen molar-refractivity contribution >= 4 is 33.2 Å². The third kappa shape index (κ3) is 0.956. The average molecular weight is 225 g/mol. The lowest BCUT2D eigenvalue weighted by Gasteiger charge is -1.96. The second-order valence-corrected chi connectivity index (χ2v) is 3.43. The Balaban J connectivity index is 2.63. The van der Waals surface area contributed by atoms with Gasteiger partial charge in [-0.15, -0.1) is 0 Å². The SMILES string of the molecule is N=C1C(=O)Nc2ccc(Br)cc21. The van der Waals surface area contributed by atoms with Gasteiger partial charge in [-0.3, -0.25) is 10.2 Å². The molecule has 2 rings (SSSR count). The number of halogens is 1. The van der Waals surface area contributed by atoms with Gasteiger partial charge in [0.2, 0.25) is 0 Å². The molecule has 0 saturated carbocycles. The van der Waals surface area contributed by atoms with Crippen LogP contribution < -0.4 is 5.32 Å². The molecule has 0 aliphatic carbocycles. The van der Waals surface area contributed by atoms with E-state index in [2.05, 4.69) is 21.2 Å². The topological polar surface area (TPSA) is 53.0 Å². The first kappa shape index (κ1) is 7.49. The number of carbonyl (C=O) groups excluding carboxylic acids is 1. The minimum atomic E-state index is -0.330. The molecule has 60 valence electrons. The van der Waals surface area contributed by atoms with Crippen LogP contribution in [0.5, 0.6) is 0 Å². The Bertz CT molecular complexity index is 387. The summed E-state index contributed by atoms with van der Waals surface area (Å²) in [5, 5.41) is 9.99. The van der Waals surface area contributed by atoms with Gasteiger partial charge in [0.25, 0.3) is 5.91 Å². The summed E-state index contributed by atoms with van der Waals surface area (Å²) in [6.07, 6.45) is 0. The lowest BCUT2D eigenvalue weighted by molar-refractivity contribution is -0.110. The van der Waals surface area contributed by atoms with E-state index in [1.54, 1.807) is 12.1 Å². The van der Waals surface area contributed by atoms with Gasteiger partial charge in [-0.2, -0.15) is 0 Å². The van der Waals surface area contributed by atoms with Gasteiger partial charge in [-0.25, -0.2) is 0 Å². The lowest BCUT2D eigenvalue weighted by atomic mass is 10.1. The van der Waals surface area contributed by atoms with E-state index in [0.29, 0.717) is 11.3 Å². The Morgan fingerprint density at radius 2 is 2.17 bits per heavy atom. The van der Waals surface area contributed by atoms with Crippen LogP contribution in [0.1, 0.15) is 5.56 Å². The van der Waals surface area contributed by atoms with Crippen molar-refractivity contribution < 1.29 is 4.79 Å². The molecule has 0 aromatic heterocycles. The summed E-state index contributed by atoms with van der Waals surface area (Å²) >= 11 is 3.28. The molecule has 1 aromatic rings. The fraction of sp³-hybridized carbons (Fsp3) is 0. The maximum Gasteiger partial charge on any atom is 0.274 e. The number of hydrogen-bond donors (Lipinski definition) is 2. The molecule has 2 N–H and O–H groups in total. The van der Waals surface area contributed by atoms with Gasteiger partial charge in [-0.1, -0.05) is 15.9 Å². The minimum Gasteiger partial charge on any atom is -0.320 e. The summed E-state index contributed by atoms with van der Waals surface area (Å²) in [7, 11) is 0. The number of hydrogen-bond acceptors (Lipinski definition) is 2. The van der Waals surface area contributed by atoms with E-state index < -0.39 is 0 Å². The molecular formula is C8H5BrN2O. The van der Waals surface area contributed by atoms with Crippen molar-refractivity contribution in [3.8, 4) is 0 Å². The number of amides is 1. The zero-order valence-electron chi connectivity index (χ0n) is 6.02. The molecule has 1 amide bonds. The molecule has 0 unspecified atom stereocenters. The summed E-state index contributed by atoms with van der Waals surface area (Å²) < 4.78 is 0.877. The zero-order chi connectivity index (χ0) is 8.72. The predicted octanol–water partition coefficient (Wildman–Crippen LogP) is 1.77. The van der Waals surface area contributed by atoms with Crippen LogP contribution >= 0.6 is 15.9 Å². The van der Waals surface area contributed by atoms with Crippen LogP contribution in [0.2, 0.25) is 0 Å². The molecule has 3 nitrogen and oxygen atoms in total. The summed E-state index contributed by atoms with van der Waals surface area (Å²) in [6, 6.07) is 5.37. The van der Waals surface area contributed by atoms with Crippen LogP contribution in [0, 0.1) is 5.41 Å². The minimum absolute atomic E-state index is 0.0336. The Labute approximate surface area is 77.4 Å². The number of nitrogens with one attached hydrogen (secondary N) is 2. The van der Waals surface area contributed by atoms with Crippen LogP contribution in [0.4, 0.5) is 5.69 Å². The smallest absolute Gasteiger partial charge is 0.274 e. The van der Waals surface area contributed by atoms with Crippen LogP contribution in [0.3, 0.4) is 0 Å². The number of rotatable bonds is 0. The monoisotopic (exact) mass is 224 g/mol. The number of fused-ring (bicyclic) bond motifs is 1. The fourth-order valence-electron chi connectivity index (χ4n) is 1.14. The van der Waals surface area contributed by atoms with Gasteiger partial charge >= 0.3 is 0 Å². The van der Waals surface area contributed by atoms with E-state index in [9.17, 15) is 4.79 Å². The standard InChI is InChI=1S/C8H5BrN2O/c9-4-1-2-6-5(3-4)7(10)8(12)11-6/h1-3H,(H2,10,11,12). The van der Waals surface area contributed by atoms with Crippen molar-refractivity contribution in [2.75, 3.05) is 5.32 Å². The first-order valence-electron chi connectivity index (χ1n) is 3.38. The molecule has 1 aliphatic rings. The second-order valence-electron chi connectivity index (χ2n) is 2.52. The fourth-order valence-corrected chi connectivity index (χ4v) is 1.50. The zero-order valence-corrected chi connectivity index (χ0v) is 7.60. The number of carbonyl (C=O) groups is 1. The molecule has 12 heavy (non-hydrogen) atoms. The normalized spacial score (nSPS) is 14.4. The van der Waals surface area contributed by atoms with Crippen LogP contribution in [-0.2, 0) is 4.79 Å². The largest absolute Gasteiger partial charge is 0.320 e. The third-order valence-corrected chi connectivity index (χ3v) is 2.22. The molecule has 0 atom stereocenters. The van der Waals surface area contributed by atoms with E-state index in [0.717, 1.165) is 4.47 Å². The maximum atomic E-state index is 11.0. The van der Waals surface area contributed by atoms with Gasteiger partial charge in [-0.05, 0) is 18.2 Å². The molecule has 0 saturated heterocycles. The molecule has 1 aromatic carbocycles. The van der Waals surface area contributed by atoms with Crippen molar-refractivity contribution in [2.24, 2.45) is 0 Å². The number of benzene rings is 1. The lowest BCUT2D eigenvalue weighted by Crippen LogP contribution is -2.12. The third-order valence-electron chi connectivity index (χ3n) is 1.73. The number of anilines is 1. The summed E-state index contributed by atoms with van der Waals surface area (Å²) in [4.78, 5) is 11.0. The van der Waals surface area contributed by atoms with Gasteiger partial charge in [0.1, 0.15) is 5.71 Å². The van der Waals surface area contributed by atoms with Gasteiger partial charge in [0.05, 0.1) is 5.69 Å². The average Bonchev–Trinajstić information content (AvgIpc) is 2.31. The second kappa shape index (κ2) is 2.42. The summed E-state index contributed by atoms with van der Waals surface area (Å²) in [6.45, 7) is 0. The van der Waals surface area contributed by atoms with Crippen molar-refractivity contribution in [3.05, 3.63) is 28.2 Å². The molecule has 0 spiro atoms. The van der Waals surface area contributed by atoms with E-state index in [4.69, 9.17) is 5.41 Å². The van der Waals surface area contributed by atoms with Crippen molar-refractivity contribution in [1.82, 2.24) is 0 Å². The highest BCUT2D eigenvalue weighted by atomic mass is 79.9. The molecule has 0 bridgehead atoms. The van der Waals surface area contributed by atoms with Crippen LogP contribution in [0.25, 0.3) is 0 Å². The van der Waals surface area contributed by atoms with Crippen molar-refractivity contribution in [3.63, 3.8) is 0 Å². The molecule has 4 heteroatoms. The first-order valence-corrected chi connectivity index (χ1v) is 4.17. The summed E-state index contributed by atoms with van der Waals surface area (Å²) in [5.74, 6) is -0.330. The van der Waals surface area contributed by atoms with Crippen LogP contribution in [0.15, 0.2) is 22.7 Å². The van der Waals surface area contributed by atoms with E-state index >= 15 is 0 Å².